The third-order valence-corrected chi connectivity index (χ3v) is 5.09. The largest absolute Gasteiger partial charge is 0.377 e. The number of nitrogens with one attached hydrogen (secondary N) is 2. The fourth-order valence-electron chi connectivity index (χ4n) is 2.63. The van der Waals surface area contributed by atoms with E-state index in [9.17, 15) is 9.59 Å². The summed E-state index contributed by atoms with van der Waals surface area (Å²) in [7, 11) is 1.55. The van der Waals surface area contributed by atoms with Crippen LogP contribution in [-0.2, 0) is 24.3 Å². The molecule has 0 atom stereocenters. The molecule has 8 heteroatoms. The molecule has 3 aromatic rings. The molecule has 2 N–H and O–H groups in total. The molecule has 0 aliphatic carbocycles. The molecule has 1 aromatic heterocycles. The summed E-state index contributed by atoms with van der Waals surface area (Å²) in [5, 5.41) is 14.3. The molecule has 0 saturated carbocycles. The molecule has 29 heavy (non-hydrogen) atoms. The smallest absolute Gasteiger partial charge is 0.286 e. The normalized spacial score (nSPS) is 10.6. The lowest BCUT2D eigenvalue weighted by atomic mass is 10.1. The molecule has 0 radical (unpaired) electrons. The molecule has 0 aliphatic rings. The van der Waals surface area contributed by atoms with Crippen molar-refractivity contribution < 1.29 is 14.3 Å². The van der Waals surface area contributed by atoms with Gasteiger partial charge in [0, 0.05) is 24.9 Å². The van der Waals surface area contributed by atoms with Crippen molar-refractivity contribution in [1.29, 1.82) is 0 Å². The average molecular weight is 410 g/mol. The molecule has 3 rings (SSSR count). The summed E-state index contributed by atoms with van der Waals surface area (Å²) in [5.74, 6) is -0.586. The molecular weight excluding hydrogens is 388 g/mol. The maximum Gasteiger partial charge on any atom is 0.286 e. The van der Waals surface area contributed by atoms with E-state index in [2.05, 4.69) is 39.9 Å². The number of rotatable bonds is 8. The van der Waals surface area contributed by atoms with Gasteiger partial charge in [-0.3, -0.25) is 9.59 Å². The number of aromatic nitrogens is 2. The van der Waals surface area contributed by atoms with Crippen LogP contribution in [0.3, 0.4) is 0 Å². The average Bonchev–Trinajstić information content (AvgIpc) is 3.22. The number of carbonyl (C=O) groups is 2. The summed E-state index contributed by atoms with van der Waals surface area (Å²) < 4.78 is 4.98. The van der Waals surface area contributed by atoms with E-state index >= 15 is 0 Å². The van der Waals surface area contributed by atoms with E-state index < -0.39 is 0 Å². The van der Waals surface area contributed by atoms with Crippen molar-refractivity contribution in [2.75, 3.05) is 12.4 Å². The number of anilines is 1. The van der Waals surface area contributed by atoms with Gasteiger partial charge in [-0.2, -0.15) is 0 Å². The van der Waals surface area contributed by atoms with Gasteiger partial charge in [0.25, 0.3) is 11.8 Å². The number of methoxy groups -OCH3 is 1. The van der Waals surface area contributed by atoms with E-state index in [0.717, 1.165) is 12.0 Å². The van der Waals surface area contributed by atoms with Crippen LogP contribution in [0.2, 0.25) is 0 Å². The van der Waals surface area contributed by atoms with E-state index in [-0.39, 0.29) is 16.8 Å². The van der Waals surface area contributed by atoms with Crippen LogP contribution in [0, 0.1) is 0 Å². The number of hydrogen-bond acceptors (Lipinski definition) is 6. The van der Waals surface area contributed by atoms with Gasteiger partial charge in [-0.25, -0.2) is 0 Å². The molecule has 7 nitrogen and oxygen atoms in total. The Morgan fingerprint density at radius 2 is 1.79 bits per heavy atom. The Morgan fingerprint density at radius 3 is 2.52 bits per heavy atom. The third-order valence-electron chi connectivity index (χ3n) is 4.20. The highest BCUT2D eigenvalue weighted by molar-refractivity contribution is 7.13. The second-order valence-electron chi connectivity index (χ2n) is 6.32. The monoisotopic (exact) mass is 410 g/mol. The van der Waals surface area contributed by atoms with Crippen LogP contribution in [0.5, 0.6) is 0 Å². The Kier molecular flexibility index (Phi) is 7.04. The zero-order valence-electron chi connectivity index (χ0n) is 16.3. The fraction of sp³-hybridized carbons (Fsp3) is 0.238. The summed E-state index contributed by atoms with van der Waals surface area (Å²) in [4.78, 5) is 24.8. The lowest BCUT2D eigenvalue weighted by Crippen LogP contribution is -2.23. The Hall–Kier alpha value is -3.10. The number of nitrogens with zero attached hydrogens (tertiary/aromatic N) is 2. The molecule has 0 fully saturated rings. The Bertz CT molecular complexity index is 986. The first-order valence-corrected chi connectivity index (χ1v) is 9.99. The van der Waals surface area contributed by atoms with Crippen molar-refractivity contribution in [2.45, 2.75) is 26.5 Å². The summed E-state index contributed by atoms with van der Waals surface area (Å²) in [6, 6.07) is 14.9. The number of benzene rings is 2. The zero-order valence-corrected chi connectivity index (χ0v) is 17.1. The molecule has 0 unspecified atom stereocenters. The second-order valence-corrected chi connectivity index (χ2v) is 7.38. The molecule has 0 saturated heterocycles. The van der Waals surface area contributed by atoms with E-state index in [1.807, 2.05) is 12.1 Å². The summed E-state index contributed by atoms with van der Waals surface area (Å²) in [6.07, 6.45) is 0.982. The van der Waals surface area contributed by atoms with Gasteiger partial charge < -0.3 is 15.4 Å². The highest BCUT2D eigenvalue weighted by Crippen LogP contribution is 2.15. The highest BCUT2D eigenvalue weighted by Gasteiger charge is 2.14. The number of hydrogen-bond donors (Lipinski definition) is 2. The minimum absolute atomic E-state index is 0.209. The minimum Gasteiger partial charge on any atom is -0.377 e. The Morgan fingerprint density at radius 1 is 1.03 bits per heavy atom. The first-order chi connectivity index (χ1) is 14.1. The van der Waals surface area contributed by atoms with Crippen LogP contribution in [0.1, 0.15) is 43.2 Å². The molecule has 0 bridgehead atoms. The molecule has 2 amide bonds. The maximum absolute atomic E-state index is 12.5. The summed E-state index contributed by atoms with van der Waals surface area (Å²) >= 11 is 1.17. The SMILES string of the molecule is CCc1ccc(CNC(=O)c2cccc(NC(=O)c3nnc(COC)s3)c2)cc1. The van der Waals surface area contributed by atoms with Crippen LogP contribution in [0.4, 0.5) is 5.69 Å². The fourth-order valence-corrected chi connectivity index (χ4v) is 3.33. The van der Waals surface area contributed by atoms with Gasteiger partial charge in [-0.05, 0) is 35.7 Å². The van der Waals surface area contributed by atoms with Crippen molar-refractivity contribution in [2.24, 2.45) is 0 Å². The molecule has 2 aromatic carbocycles. The van der Waals surface area contributed by atoms with Crippen molar-refractivity contribution in [3.05, 3.63) is 75.2 Å². The lowest BCUT2D eigenvalue weighted by molar-refractivity contribution is 0.0949. The number of amides is 2. The van der Waals surface area contributed by atoms with Crippen molar-refractivity contribution in [3.8, 4) is 0 Å². The van der Waals surface area contributed by atoms with Gasteiger partial charge in [-0.1, -0.05) is 48.6 Å². The molecule has 150 valence electrons. The van der Waals surface area contributed by atoms with Crippen LogP contribution in [0.15, 0.2) is 48.5 Å². The zero-order chi connectivity index (χ0) is 20.6. The van der Waals surface area contributed by atoms with Gasteiger partial charge >= 0.3 is 0 Å². The van der Waals surface area contributed by atoms with Gasteiger partial charge in [0.15, 0.2) is 0 Å². The minimum atomic E-state index is -0.376. The van der Waals surface area contributed by atoms with Gasteiger partial charge in [0.2, 0.25) is 5.01 Å². The predicted molar refractivity (Wildman–Crippen MR) is 112 cm³/mol. The lowest BCUT2D eigenvalue weighted by Gasteiger charge is -2.08. The van der Waals surface area contributed by atoms with Crippen molar-refractivity contribution in [1.82, 2.24) is 15.5 Å². The predicted octanol–water partition coefficient (Wildman–Crippen LogP) is 3.43. The Balaban J connectivity index is 1.60. The maximum atomic E-state index is 12.5. The second kappa shape index (κ2) is 9.90. The molecular formula is C21H22N4O3S. The van der Waals surface area contributed by atoms with Crippen LogP contribution >= 0.6 is 11.3 Å². The number of ether oxygens (including phenoxy) is 1. The Labute approximate surface area is 173 Å². The van der Waals surface area contributed by atoms with E-state index in [1.54, 1.807) is 31.4 Å². The van der Waals surface area contributed by atoms with E-state index in [1.165, 1.54) is 16.9 Å². The van der Waals surface area contributed by atoms with E-state index in [4.69, 9.17) is 4.74 Å². The standard InChI is InChI=1S/C21H22N4O3S/c1-3-14-7-9-15(10-8-14)12-22-19(26)16-5-4-6-17(11-16)23-20(27)21-25-24-18(29-21)13-28-2/h4-11H,3,12-13H2,1-2H3,(H,22,26)(H,23,27). The van der Waals surface area contributed by atoms with Gasteiger partial charge in [-0.15, -0.1) is 10.2 Å². The summed E-state index contributed by atoms with van der Waals surface area (Å²) in [5.41, 5.74) is 3.26. The first kappa shape index (κ1) is 20.6. The molecule has 1 heterocycles. The van der Waals surface area contributed by atoms with Crippen LogP contribution in [-0.4, -0.2) is 29.1 Å². The first-order valence-electron chi connectivity index (χ1n) is 9.17. The van der Waals surface area contributed by atoms with Crippen molar-refractivity contribution in [3.63, 3.8) is 0 Å². The number of carbonyl (C=O) groups excluding carboxylic acids is 2. The van der Waals surface area contributed by atoms with Crippen LogP contribution in [0.25, 0.3) is 0 Å². The van der Waals surface area contributed by atoms with Gasteiger partial charge in [0.05, 0.1) is 6.61 Å². The third kappa shape index (κ3) is 5.69. The van der Waals surface area contributed by atoms with Crippen LogP contribution < -0.4 is 10.6 Å². The molecule has 0 spiro atoms. The van der Waals surface area contributed by atoms with E-state index in [0.29, 0.717) is 29.4 Å². The summed E-state index contributed by atoms with van der Waals surface area (Å²) in [6.45, 7) is 2.85. The molecule has 0 aliphatic heterocycles. The number of aryl methyl sites for hydroxylation is 1. The van der Waals surface area contributed by atoms with Crippen molar-refractivity contribution >= 4 is 28.8 Å². The topological polar surface area (TPSA) is 93.2 Å². The highest BCUT2D eigenvalue weighted by atomic mass is 32.1. The van der Waals surface area contributed by atoms with Gasteiger partial charge in [0.1, 0.15) is 5.01 Å². The quantitative estimate of drug-likeness (QED) is 0.593.